The second-order valence-electron chi connectivity index (χ2n) is 4.91. The summed E-state index contributed by atoms with van der Waals surface area (Å²) in [7, 11) is 9.47. The van der Waals surface area contributed by atoms with E-state index in [0.29, 0.717) is 12.9 Å². The average molecular weight is 442 g/mol. The summed E-state index contributed by atoms with van der Waals surface area (Å²) in [6.45, 7) is 0. The van der Waals surface area contributed by atoms with Gasteiger partial charge in [0.1, 0.15) is 0 Å². The van der Waals surface area contributed by atoms with Crippen molar-refractivity contribution in [2.45, 2.75) is 0 Å². The number of hydrogen-bond donors (Lipinski definition) is 0. The third-order valence-electron chi connectivity index (χ3n) is 3.18. The van der Waals surface area contributed by atoms with Crippen molar-refractivity contribution >= 4 is 20.3 Å². The zero-order valence-electron chi connectivity index (χ0n) is 14.1. The summed E-state index contributed by atoms with van der Waals surface area (Å²) in [6, 6.07) is 23.2. The summed E-state index contributed by atoms with van der Waals surface area (Å²) in [5.41, 5.74) is 3.66. The van der Waals surface area contributed by atoms with Gasteiger partial charge in [-0.1, -0.05) is 24.3 Å². The van der Waals surface area contributed by atoms with Crippen LogP contribution in [0.3, 0.4) is 0 Å². The predicted octanol–water partition coefficient (Wildman–Crippen LogP) is 5.66. The minimum Gasteiger partial charge on any atom is -0.255 e. The van der Waals surface area contributed by atoms with Gasteiger partial charge in [0.2, 0.25) is 0 Å². The van der Waals surface area contributed by atoms with Crippen molar-refractivity contribution in [3.8, 4) is 22.8 Å². The Morgan fingerprint density at radius 3 is 0.815 bits per heavy atom. The van der Waals surface area contributed by atoms with Crippen LogP contribution in [0.15, 0.2) is 97.6 Å². The monoisotopic (exact) mass is 441 g/mol. The van der Waals surface area contributed by atoms with Crippen LogP contribution in [-0.4, -0.2) is 19.9 Å². The van der Waals surface area contributed by atoms with Crippen LogP contribution >= 0.6 is 20.3 Å². The van der Waals surface area contributed by atoms with E-state index in [1.54, 1.807) is 24.8 Å². The number of rotatable bonds is 2. The molecule has 0 amide bonds. The van der Waals surface area contributed by atoms with Gasteiger partial charge in [-0.25, -0.2) is 0 Å². The Hall–Kier alpha value is -2.31. The minimum absolute atomic E-state index is 0.382. The van der Waals surface area contributed by atoms with E-state index in [-0.39, 0.29) is 0 Å². The van der Waals surface area contributed by atoms with Gasteiger partial charge < -0.3 is 0 Å². The van der Waals surface area contributed by atoms with Gasteiger partial charge in [0.15, 0.2) is 0 Å². The Morgan fingerprint density at radius 1 is 0.444 bits per heavy atom. The fourth-order valence-electron chi connectivity index (χ4n) is 2.06. The Balaban J connectivity index is 0.000000170. The molecule has 0 bridgehead atoms. The summed E-state index contributed by atoms with van der Waals surface area (Å²) >= 11 is 0.382. The van der Waals surface area contributed by atoms with Gasteiger partial charge in [0.05, 0.1) is 22.8 Å². The van der Waals surface area contributed by atoms with E-state index in [0.717, 1.165) is 22.8 Å². The number of pyridine rings is 4. The van der Waals surface area contributed by atoms with E-state index in [2.05, 4.69) is 19.9 Å². The SMILES string of the molecule is [Cl][Co][Cl].c1ccc(-c2ccccn2)nc1.c1ccc(-c2ccccn2)nc1. The molecule has 139 valence electrons. The van der Waals surface area contributed by atoms with E-state index < -0.39 is 0 Å². The van der Waals surface area contributed by atoms with Crippen LogP contribution in [0.25, 0.3) is 22.8 Å². The molecule has 0 atom stereocenters. The molecule has 0 fully saturated rings. The fraction of sp³-hybridized carbons (Fsp3) is 0. The van der Waals surface area contributed by atoms with Crippen LogP contribution < -0.4 is 0 Å². The van der Waals surface area contributed by atoms with E-state index in [1.165, 1.54) is 0 Å². The largest absolute Gasteiger partial charge is 0.255 e. The molecule has 0 unspecified atom stereocenters. The molecule has 7 heteroatoms. The van der Waals surface area contributed by atoms with Crippen molar-refractivity contribution in [3.63, 3.8) is 0 Å². The first kappa shape index (κ1) is 21.0. The Kier molecular flexibility index (Phi) is 10.1. The predicted molar refractivity (Wildman–Crippen MR) is 107 cm³/mol. The van der Waals surface area contributed by atoms with Gasteiger partial charge in [-0.3, -0.25) is 19.9 Å². The zero-order valence-corrected chi connectivity index (χ0v) is 16.7. The molecule has 0 aliphatic heterocycles. The fourth-order valence-corrected chi connectivity index (χ4v) is 2.06. The third kappa shape index (κ3) is 7.84. The molecule has 27 heavy (non-hydrogen) atoms. The van der Waals surface area contributed by atoms with Gasteiger partial charge >= 0.3 is 33.2 Å². The normalized spacial score (nSPS) is 9.41. The maximum atomic E-state index is 4.73. The molecule has 0 spiro atoms. The molecule has 0 aliphatic rings. The molecule has 4 rings (SSSR count). The molecule has 0 saturated heterocycles. The first-order valence-corrected chi connectivity index (χ1v) is 10.7. The third-order valence-corrected chi connectivity index (χ3v) is 3.18. The number of nitrogens with zero attached hydrogens (tertiary/aromatic N) is 4. The average Bonchev–Trinajstić information content (AvgIpc) is 2.77. The van der Waals surface area contributed by atoms with Gasteiger partial charge in [0.25, 0.3) is 0 Å². The molecule has 0 N–H and O–H groups in total. The molecule has 4 nitrogen and oxygen atoms in total. The topological polar surface area (TPSA) is 51.6 Å². The van der Waals surface area contributed by atoms with Gasteiger partial charge in [0, 0.05) is 24.8 Å². The van der Waals surface area contributed by atoms with E-state index in [9.17, 15) is 0 Å². The standard InChI is InChI=1S/2C10H8N2.2ClH.Co/c2*1-3-7-11-9(5-1)10-6-2-4-8-12-10;;;/h2*1-8H;2*1H;/q;;;;+2/p-2. The summed E-state index contributed by atoms with van der Waals surface area (Å²) in [5.74, 6) is 0. The molecule has 0 aromatic carbocycles. The van der Waals surface area contributed by atoms with Crippen molar-refractivity contribution in [1.29, 1.82) is 0 Å². The molecular weight excluding hydrogens is 426 g/mol. The Morgan fingerprint density at radius 2 is 0.667 bits per heavy atom. The van der Waals surface area contributed by atoms with Crippen LogP contribution in [0.2, 0.25) is 0 Å². The summed E-state index contributed by atoms with van der Waals surface area (Å²) in [5, 5.41) is 0. The molecule has 4 aromatic rings. The first-order valence-electron chi connectivity index (χ1n) is 7.83. The van der Waals surface area contributed by atoms with Crippen LogP contribution in [0.1, 0.15) is 0 Å². The maximum Gasteiger partial charge on any atom is 0.0886 e. The molecule has 0 aliphatic carbocycles. The van der Waals surface area contributed by atoms with Crippen LogP contribution in [0.5, 0.6) is 0 Å². The van der Waals surface area contributed by atoms with Crippen LogP contribution in [0.4, 0.5) is 0 Å². The molecule has 4 aromatic heterocycles. The van der Waals surface area contributed by atoms with E-state index >= 15 is 0 Å². The van der Waals surface area contributed by atoms with Crippen LogP contribution in [0, 0.1) is 0 Å². The van der Waals surface area contributed by atoms with Crippen molar-refractivity contribution in [2.24, 2.45) is 0 Å². The smallest absolute Gasteiger partial charge is 0.0886 e. The van der Waals surface area contributed by atoms with Crippen molar-refractivity contribution < 1.29 is 12.9 Å². The Labute approximate surface area is 173 Å². The number of aromatic nitrogens is 4. The summed E-state index contributed by atoms with van der Waals surface area (Å²) in [6.07, 6.45) is 7.07. The Bertz CT molecular complexity index is 717. The first-order chi connectivity index (χ1) is 13.3. The second-order valence-corrected chi connectivity index (χ2v) is 6.63. The minimum atomic E-state index is 0.382. The van der Waals surface area contributed by atoms with Crippen LogP contribution in [-0.2, 0) is 12.9 Å². The van der Waals surface area contributed by atoms with Crippen molar-refractivity contribution in [1.82, 2.24) is 19.9 Å². The second kappa shape index (κ2) is 12.9. The van der Waals surface area contributed by atoms with E-state index in [1.807, 2.05) is 72.8 Å². The van der Waals surface area contributed by atoms with Crippen molar-refractivity contribution in [2.75, 3.05) is 0 Å². The van der Waals surface area contributed by atoms with E-state index in [4.69, 9.17) is 20.3 Å². The summed E-state index contributed by atoms with van der Waals surface area (Å²) in [4.78, 5) is 16.7. The molecule has 0 saturated carbocycles. The maximum absolute atomic E-state index is 4.73. The summed E-state index contributed by atoms with van der Waals surface area (Å²) < 4.78 is 0. The zero-order chi connectivity index (χ0) is 19.2. The van der Waals surface area contributed by atoms with Gasteiger partial charge in [-0.15, -0.1) is 0 Å². The number of hydrogen-bond acceptors (Lipinski definition) is 4. The van der Waals surface area contributed by atoms with Gasteiger partial charge in [-0.05, 0) is 48.5 Å². The molecule has 4 heterocycles. The van der Waals surface area contributed by atoms with Gasteiger partial charge in [-0.2, -0.15) is 0 Å². The number of halogens is 2. The quantitative estimate of drug-likeness (QED) is 0.402. The van der Waals surface area contributed by atoms with Crippen molar-refractivity contribution in [3.05, 3.63) is 97.6 Å². The molecule has 0 radical (unpaired) electrons. The molecular formula is C20H16Cl2CoN4.